The highest BCUT2D eigenvalue weighted by atomic mass is 16.3. The summed E-state index contributed by atoms with van der Waals surface area (Å²) in [5, 5.41) is 21.7. The van der Waals surface area contributed by atoms with Crippen molar-refractivity contribution in [2.75, 3.05) is 36.4 Å². The molecule has 3 rings (SSSR count). The summed E-state index contributed by atoms with van der Waals surface area (Å²) < 4.78 is 0. The number of para-hydroxylation sites is 2. The molecular formula is C20H22N4O2. The minimum Gasteiger partial charge on any atom is -0.506 e. The molecule has 1 heterocycles. The van der Waals surface area contributed by atoms with Crippen molar-refractivity contribution in [3.8, 4) is 11.8 Å². The summed E-state index contributed by atoms with van der Waals surface area (Å²) >= 11 is 0. The third-order valence-electron chi connectivity index (χ3n) is 4.75. The number of carbonyl (C=O) groups is 1. The third kappa shape index (κ3) is 3.95. The maximum atomic E-state index is 12.5. The Kier molecular flexibility index (Phi) is 5.40. The molecule has 1 fully saturated rings. The van der Waals surface area contributed by atoms with Crippen molar-refractivity contribution in [3.05, 3.63) is 54.1 Å². The van der Waals surface area contributed by atoms with E-state index in [2.05, 4.69) is 21.2 Å². The van der Waals surface area contributed by atoms with Gasteiger partial charge in [-0.25, -0.2) is 0 Å². The molecule has 26 heavy (non-hydrogen) atoms. The molecule has 0 radical (unpaired) electrons. The molecule has 2 aromatic carbocycles. The first kappa shape index (κ1) is 17.8. The topological polar surface area (TPSA) is 79.6 Å². The lowest BCUT2D eigenvalue weighted by molar-refractivity contribution is -0.120. The van der Waals surface area contributed by atoms with E-state index in [4.69, 9.17) is 5.26 Å². The third-order valence-corrected chi connectivity index (χ3v) is 4.75. The van der Waals surface area contributed by atoms with Crippen LogP contribution in [0.3, 0.4) is 0 Å². The Bertz CT molecular complexity index is 805. The van der Waals surface area contributed by atoms with Gasteiger partial charge in [0.15, 0.2) is 0 Å². The SMILES string of the molecule is CC(C(=O)Nc1ccc(C#N)cc1)N1CCN(c2ccccc2O)CC1. The maximum Gasteiger partial charge on any atom is 0.241 e. The number of rotatable bonds is 4. The van der Waals surface area contributed by atoms with Crippen LogP contribution in [0.15, 0.2) is 48.5 Å². The van der Waals surface area contributed by atoms with Crippen LogP contribution < -0.4 is 10.2 Å². The average molecular weight is 350 g/mol. The van der Waals surface area contributed by atoms with Gasteiger partial charge in [0.2, 0.25) is 5.91 Å². The number of piperazine rings is 1. The Balaban J connectivity index is 1.55. The number of anilines is 2. The van der Waals surface area contributed by atoms with Gasteiger partial charge in [-0.05, 0) is 43.3 Å². The quantitative estimate of drug-likeness (QED) is 0.885. The van der Waals surface area contributed by atoms with Crippen molar-refractivity contribution < 1.29 is 9.90 Å². The zero-order valence-corrected chi connectivity index (χ0v) is 14.7. The molecule has 1 atom stereocenters. The second-order valence-electron chi connectivity index (χ2n) is 6.37. The fraction of sp³-hybridized carbons (Fsp3) is 0.300. The highest BCUT2D eigenvalue weighted by molar-refractivity contribution is 5.94. The minimum absolute atomic E-state index is 0.0642. The van der Waals surface area contributed by atoms with Crippen molar-refractivity contribution in [2.45, 2.75) is 13.0 Å². The molecule has 6 heteroatoms. The fourth-order valence-corrected chi connectivity index (χ4v) is 3.12. The van der Waals surface area contributed by atoms with Crippen LogP contribution in [-0.2, 0) is 4.79 Å². The van der Waals surface area contributed by atoms with Gasteiger partial charge in [-0.3, -0.25) is 9.69 Å². The highest BCUT2D eigenvalue weighted by Gasteiger charge is 2.26. The van der Waals surface area contributed by atoms with Gasteiger partial charge in [-0.2, -0.15) is 5.26 Å². The number of phenolic OH excluding ortho intramolecular Hbond substituents is 1. The molecule has 6 nitrogen and oxygen atoms in total. The number of aromatic hydroxyl groups is 1. The van der Waals surface area contributed by atoms with Crippen molar-refractivity contribution in [2.24, 2.45) is 0 Å². The summed E-state index contributed by atoms with van der Waals surface area (Å²) in [4.78, 5) is 16.8. The van der Waals surface area contributed by atoms with E-state index < -0.39 is 0 Å². The number of nitriles is 1. The van der Waals surface area contributed by atoms with Crippen molar-refractivity contribution >= 4 is 17.3 Å². The van der Waals surface area contributed by atoms with Crippen LogP contribution in [0.4, 0.5) is 11.4 Å². The summed E-state index contributed by atoms with van der Waals surface area (Å²) in [5.41, 5.74) is 2.09. The summed E-state index contributed by atoms with van der Waals surface area (Å²) in [7, 11) is 0. The molecule has 0 bridgehead atoms. The van der Waals surface area contributed by atoms with E-state index in [1.807, 2.05) is 25.1 Å². The zero-order valence-electron chi connectivity index (χ0n) is 14.7. The van der Waals surface area contributed by atoms with E-state index >= 15 is 0 Å². The molecule has 0 saturated carbocycles. The summed E-state index contributed by atoms with van der Waals surface area (Å²) in [5.74, 6) is 0.221. The van der Waals surface area contributed by atoms with Gasteiger partial charge < -0.3 is 15.3 Å². The van der Waals surface area contributed by atoms with Crippen molar-refractivity contribution in [1.29, 1.82) is 5.26 Å². The van der Waals surface area contributed by atoms with Crippen LogP contribution in [0, 0.1) is 11.3 Å². The molecular weight excluding hydrogens is 328 g/mol. The van der Waals surface area contributed by atoms with E-state index in [1.54, 1.807) is 30.3 Å². The molecule has 1 aliphatic heterocycles. The van der Waals surface area contributed by atoms with Gasteiger partial charge in [-0.1, -0.05) is 12.1 Å². The van der Waals surface area contributed by atoms with Crippen molar-refractivity contribution in [3.63, 3.8) is 0 Å². The number of phenols is 1. The van der Waals surface area contributed by atoms with Gasteiger partial charge in [0, 0.05) is 31.9 Å². The number of carbonyl (C=O) groups excluding carboxylic acids is 1. The highest BCUT2D eigenvalue weighted by Crippen LogP contribution is 2.27. The van der Waals surface area contributed by atoms with E-state index in [1.165, 1.54) is 0 Å². The average Bonchev–Trinajstić information content (AvgIpc) is 2.68. The van der Waals surface area contributed by atoms with Crippen LogP contribution in [0.2, 0.25) is 0 Å². The summed E-state index contributed by atoms with van der Waals surface area (Å²) in [6.45, 7) is 4.90. The maximum absolute atomic E-state index is 12.5. The zero-order chi connectivity index (χ0) is 18.5. The van der Waals surface area contributed by atoms with Crippen LogP contribution in [0.1, 0.15) is 12.5 Å². The molecule has 2 N–H and O–H groups in total. The normalized spacial score (nSPS) is 15.9. The number of hydrogen-bond acceptors (Lipinski definition) is 5. The first-order valence-corrected chi connectivity index (χ1v) is 8.66. The number of amides is 1. The number of nitrogens with zero attached hydrogens (tertiary/aromatic N) is 3. The number of hydrogen-bond donors (Lipinski definition) is 2. The van der Waals surface area contributed by atoms with E-state index in [0.29, 0.717) is 11.3 Å². The predicted molar refractivity (Wildman–Crippen MR) is 101 cm³/mol. The lowest BCUT2D eigenvalue weighted by Gasteiger charge is -2.38. The van der Waals surface area contributed by atoms with E-state index in [0.717, 1.165) is 31.9 Å². The smallest absolute Gasteiger partial charge is 0.241 e. The minimum atomic E-state index is -0.253. The van der Waals surface area contributed by atoms with Gasteiger partial charge in [0.1, 0.15) is 5.75 Å². The second-order valence-corrected chi connectivity index (χ2v) is 6.37. The molecule has 134 valence electrons. The van der Waals surface area contributed by atoms with Crippen LogP contribution in [0.25, 0.3) is 0 Å². The lowest BCUT2D eigenvalue weighted by Crippen LogP contribution is -2.52. The lowest BCUT2D eigenvalue weighted by atomic mass is 10.1. The number of benzene rings is 2. The fourth-order valence-electron chi connectivity index (χ4n) is 3.12. The first-order valence-electron chi connectivity index (χ1n) is 8.66. The molecule has 1 unspecified atom stereocenters. The second kappa shape index (κ2) is 7.89. The molecule has 0 aliphatic carbocycles. The molecule has 1 saturated heterocycles. The Hall–Kier alpha value is -3.04. The van der Waals surface area contributed by atoms with Crippen LogP contribution >= 0.6 is 0 Å². The van der Waals surface area contributed by atoms with Gasteiger partial charge in [0.25, 0.3) is 0 Å². The van der Waals surface area contributed by atoms with Gasteiger partial charge >= 0.3 is 0 Å². The Labute approximate surface area is 153 Å². The molecule has 1 aliphatic rings. The molecule has 1 amide bonds. The van der Waals surface area contributed by atoms with E-state index in [-0.39, 0.29) is 17.7 Å². The van der Waals surface area contributed by atoms with Gasteiger partial charge in [-0.15, -0.1) is 0 Å². The Morgan fingerprint density at radius 3 is 2.38 bits per heavy atom. The van der Waals surface area contributed by atoms with E-state index in [9.17, 15) is 9.90 Å². The van der Waals surface area contributed by atoms with Crippen LogP contribution in [0.5, 0.6) is 5.75 Å². The molecule has 2 aromatic rings. The predicted octanol–water partition coefficient (Wildman–Crippen LogP) is 2.41. The molecule has 0 aromatic heterocycles. The largest absolute Gasteiger partial charge is 0.506 e. The van der Waals surface area contributed by atoms with Crippen molar-refractivity contribution in [1.82, 2.24) is 4.90 Å². The first-order chi connectivity index (χ1) is 12.6. The standard InChI is InChI=1S/C20H22N4O2/c1-15(20(26)22-17-8-6-16(14-21)7-9-17)23-10-12-24(13-11-23)18-4-2-3-5-19(18)25/h2-9,15,25H,10-13H2,1H3,(H,22,26). The summed E-state index contributed by atoms with van der Waals surface area (Å²) in [6, 6.07) is 16.0. The van der Waals surface area contributed by atoms with Crippen LogP contribution in [-0.4, -0.2) is 48.1 Å². The number of nitrogens with one attached hydrogen (secondary N) is 1. The van der Waals surface area contributed by atoms with Gasteiger partial charge in [0.05, 0.1) is 23.4 Å². The summed E-state index contributed by atoms with van der Waals surface area (Å²) in [6.07, 6.45) is 0. The Morgan fingerprint density at radius 2 is 1.77 bits per heavy atom. The monoisotopic (exact) mass is 350 g/mol. The molecule has 0 spiro atoms. The Morgan fingerprint density at radius 1 is 1.12 bits per heavy atom.